The summed E-state index contributed by atoms with van der Waals surface area (Å²) in [5, 5.41) is 2.54. The lowest BCUT2D eigenvalue weighted by atomic mass is 9.82. The lowest BCUT2D eigenvalue weighted by molar-refractivity contribution is 0.660. The van der Waals surface area contributed by atoms with Gasteiger partial charge in [0.1, 0.15) is 0 Å². The number of benzene rings is 9. The second kappa shape index (κ2) is 14.1. The number of hydrogen-bond acceptors (Lipinski definition) is 2. The summed E-state index contributed by atoms with van der Waals surface area (Å²) in [6.07, 6.45) is 0. The number of hydrogen-bond donors (Lipinski definition) is 0. The molecule has 11 rings (SSSR count). The Hall–Kier alpha value is -7.00. The van der Waals surface area contributed by atoms with Crippen LogP contribution in [0.3, 0.4) is 0 Å². The fourth-order valence-corrected chi connectivity index (χ4v) is 10.8. The minimum absolute atomic E-state index is 0.107. The van der Waals surface area contributed by atoms with Gasteiger partial charge in [0, 0.05) is 36.7 Å². The number of rotatable bonds is 7. The van der Waals surface area contributed by atoms with Crippen LogP contribution in [0.1, 0.15) is 25.0 Å². The fraction of sp³-hybridized carbons (Fsp3) is 0.0526. The van der Waals surface area contributed by atoms with Gasteiger partial charge in [-0.3, -0.25) is 0 Å². The van der Waals surface area contributed by atoms with Gasteiger partial charge in [0.15, 0.2) is 0 Å². The lowest BCUT2D eigenvalue weighted by Gasteiger charge is -2.31. The smallest absolute Gasteiger partial charge is 0.0555 e. The van der Waals surface area contributed by atoms with E-state index in [1.54, 1.807) is 0 Å². The van der Waals surface area contributed by atoms with Gasteiger partial charge >= 0.3 is 0 Å². The van der Waals surface area contributed by atoms with Gasteiger partial charge in [0.2, 0.25) is 0 Å². The maximum atomic E-state index is 2.55. The summed E-state index contributed by atoms with van der Waals surface area (Å²) in [6, 6.07) is 78.1. The second-order valence-corrected chi connectivity index (χ2v) is 17.1. The van der Waals surface area contributed by atoms with Crippen LogP contribution < -0.4 is 4.90 Å². The van der Waals surface area contributed by atoms with Crippen molar-refractivity contribution in [2.75, 3.05) is 4.90 Å². The molecular formula is C57H41NS. The van der Waals surface area contributed by atoms with E-state index in [0.29, 0.717) is 0 Å². The van der Waals surface area contributed by atoms with Crippen LogP contribution in [-0.2, 0) is 5.41 Å². The van der Waals surface area contributed by atoms with Gasteiger partial charge in [-0.2, -0.15) is 0 Å². The van der Waals surface area contributed by atoms with Crippen molar-refractivity contribution >= 4 is 48.6 Å². The molecule has 0 spiro atoms. The van der Waals surface area contributed by atoms with E-state index in [-0.39, 0.29) is 5.41 Å². The van der Waals surface area contributed by atoms with Gasteiger partial charge in [-0.05, 0) is 86.0 Å². The maximum Gasteiger partial charge on any atom is 0.0555 e. The maximum absolute atomic E-state index is 2.55. The van der Waals surface area contributed by atoms with Crippen molar-refractivity contribution in [2.24, 2.45) is 0 Å². The first-order valence-electron chi connectivity index (χ1n) is 20.4. The number of fused-ring (bicyclic) bond motifs is 6. The van der Waals surface area contributed by atoms with Gasteiger partial charge in [-0.15, -0.1) is 11.3 Å². The van der Waals surface area contributed by atoms with E-state index >= 15 is 0 Å². The molecule has 1 nitrogen and oxygen atoms in total. The van der Waals surface area contributed by atoms with E-state index in [0.717, 1.165) is 17.1 Å². The van der Waals surface area contributed by atoms with E-state index < -0.39 is 0 Å². The van der Waals surface area contributed by atoms with Gasteiger partial charge in [0.05, 0.1) is 17.1 Å². The third-order valence-corrected chi connectivity index (χ3v) is 13.5. The van der Waals surface area contributed by atoms with Crippen LogP contribution in [0.4, 0.5) is 17.1 Å². The molecule has 0 fully saturated rings. The highest BCUT2D eigenvalue weighted by atomic mass is 32.1. The monoisotopic (exact) mass is 771 g/mol. The molecule has 0 N–H and O–H groups in total. The first-order chi connectivity index (χ1) is 29.1. The van der Waals surface area contributed by atoms with Crippen LogP contribution in [0.2, 0.25) is 0 Å². The van der Waals surface area contributed by atoms with Crippen LogP contribution in [0.25, 0.3) is 75.8 Å². The molecule has 1 aromatic heterocycles. The van der Waals surface area contributed by atoms with Crippen LogP contribution in [0.5, 0.6) is 0 Å². The molecule has 0 saturated carbocycles. The topological polar surface area (TPSA) is 3.24 Å². The summed E-state index contributed by atoms with van der Waals surface area (Å²) < 4.78 is 2.57. The molecular weight excluding hydrogens is 731 g/mol. The Balaban J connectivity index is 1.20. The van der Waals surface area contributed by atoms with Crippen molar-refractivity contribution in [1.29, 1.82) is 0 Å². The minimum atomic E-state index is -0.107. The molecule has 0 unspecified atom stereocenters. The zero-order chi connectivity index (χ0) is 39.5. The van der Waals surface area contributed by atoms with Crippen molar-refractivity contribution in [2.45, 2.75) is 19.3 Å². The minimum Gasteiger partial charge on any atom is -0.309 e. The summed E-state index contributed by atoms with van der Waals surface area (Å²) in [7, 11) is 0. The number of anilines is 3. The molecule has 280 valence electrons. The Kier molecular flexibility index (Phi) is 8.43. The van der Waals surface area contributed by atoms with Crippen molar-refractivity contribution in [3.8, 4) is 55.6 Å². The molecule has 0 atom stereocenters. The van der Waals surface area contributed by atoms with Crippen LogP contribution in [0.15, 0.2) is 212 Å². The third kappa shape index (κ3) is 5.67. The highest BCUT2D eigenvalue weighted by molar-refractivity contribution is 7.26. The lowest BCUT2D eigenvalue weighted by Crippen LogP contribution is -2.15. The number of thiophene rings is 1. The number of nitrogens with zero attached hydrogens (tertiary/aromatic N) is 1. The van der Waals surface area contributed by atoms with Gasteiger partial charge in [-0.1, -0.05) is 196 Å². The van der Waals surface area contributed by atoms with Crippen molar-refractivity contribution in [1.82, 2.24) is 0 Å². The van der Waals surface area contributed by atoms with Crippen molar-refractivity contribution < 1.29 is 0 Å². The van der Waals surface area contributed by atoms with E-state index in [1.807, 2.05) is 11.3 Å². The second-order valence-electron chi connectivity index (χ2n) is 16.0. The Morgan fingerprint density at radius 2 is 0.797 bits per heavy atom. The molecule has 0 amide bonds. The third-order valence-electron chi connectivity index (χ3n) is 12.3. The highest BCUT2D eigenvalue weighted by Gasteiger charge is 2.37. The van der Waals surface area contributed by atoms with Gasteiger partial charge < -0.3 is 4.90 Å². The summed E-state index contributed by atoms with van der Waals surface area (Å²) in [5.41, 5.74) is 18.4. The van der Waals surface area contributed by atoms with E-state index in [4.69, 9.17) is 0 Å². The molecule has 59 heavy (non-hydrogen) atoms. The van der Waals surface area contributed by atoms with Crippen molar-refractivity contribution in [3.05, 3.63) is 223 Å². The summed E-state index contributed by atoms with van der Waals surface area (Å²) in [5.74, 6) is 0. The molecule has 0 radical (unpaired) electrons. The molecule has 10 aromatic rings. The molecule has 1 aliphatic rings. The van der Waals surface area contributed by atoms with Crippen LogP contribution in [-0.4, -0.2) is 0 Å². The Morgan fingerprint density at radius 1 is 0.339 bits per heavy atom. The summed E-state index contributed by atoms with van der Waals surface area (Å²) in [6.45, 7) is 4.73. The molecule has 2 heteroatoms. The summed E-state index contributed by atoms with van der Waals surface area (Å²) >= 11 is 1.87. The predicted molar refractivity (Wildman–Crippen MR) is 253 cm³/mol. The number of para-hydroxylation sites is 2. The molecule has 0 aliphatic heterocycles. The Bertz CT molecular complexity index is 3210. The predicted octanol–water partition coefficient (Wildman–Crippen LogP) is 16.5. The average molecular weight is 772 g/mol. The van der Waals surface area contributed by atoms with Crippen molar-refractivity contribution in [3.63, 3.8) is 0 Å². The van der Waals surface area contributed by atoms with E-state index in [1.165, 1.54) is 86.9 Å². The van der Waals surface area contributed by atoms with Gasteiger partial charge in [-0.25, -0.2) is 0 Å². The molecule has 0 saturated heterocycles. The molecule has 1 aliphatic carbocycles. The molecule has 0 bridgehead atoms. The van der Waals surface area contributed by atoms with E-state index in [9.17, 15) is 0 Å². The average Bonchev–Trinajstić information content (AvgIpc) is 3.80. The SMILES string of the molecule is CC1(C)c2ccccc2-c2c(-c3ccccc3N(c3ccccc3-c3ccccc3-c3ccccc3-c3ccccc3)c3cccc4sc5ccccc5c34)cccc21. The first-order valence-corrected chi connectivity index (χ1v) is 21.3. The van der Waals surface area contributed by atoms with Gasteiger partial charge in [0.25, 0.3) is 0 Å². The standard InChI is InChI=1S/C57H41NS/c1-57(2)48-31-14-10-28-46(48)55-45(30-18-32-49(55)57)44-27-12-16-34-51(44)58(52-35-19-37-54-56(52)47-29-13-17-36-53(47)59-54)50-33-15-11-26-43(50)42-25-9-8-24-41(42)40-23-7-6-22-39(40)38-20-4-3-5-21-38/h3-37H,1-2H3. The highest BCUT2D eigenvalue weighted by Crippen LogP contribution is 2.55. The molecule has 1 heterocycles. The Labute approximate surface area is 350 Å². The quantitative estimate of drug-likeness (QED) is 0.156. The zero-order valence-corrected chi connectivity index (χ0v) is 33.9. The van der Waals surface area contributed by atoms with E-state index in [2.05, 4.69) is 231 Å². The first kappa shape index (κ1) is 35.2. The largest absolute Gasteiger partial charge is 0.309 e. The zero-order valence-electron chi connectivity index (χ0n) is 33.1. The summed E-state index contributed by atoms with van der Waals surface area (Å²) in [4.78, 5) is 2.55. The van der Waals surface area contributed by atoms with Crippen LogP contribution in [0, 0.1) is 0 Å². The Morgan fingerprint density at radius 3 is 1.53 bits per heavy atom. The normalized spacial score (nSPS) is 12.7. The molecule has 9 aromatic carbocycles. The van der Waals surface area contributed by atoms with Crippen LogP contribution >= 0.6 is 11.3 Å². The fourth-order valence-electron chi connectivity index (χ4n) is 9.64.